The number of halogens is 3. The molecule has 0 bridgehead atoms. The van der Waals surface area contributed by atoms with Crippen LogP contribution in [0.3, 0.4) is 0 Å². The summed E-state index contributed by atoms with van der Waals surface area (Å²) in [6, 6.07) is 5.25. The van der Waals surface area contributed by atoms with Gasteiger partial charge in [0, 0.05) is 4.83 Å². The molecule has 3 heteroatoms. The SMILES string of the molecule is CC(C)C(Br)CCCc1ccc(F)c(Br)c1. The van der Waals surface area contributed by atoms with Crippen LogP contribution in [0.1, 0.15) is 32.3 Å². The molecule has 0 aliphatic heterocycles. The first-order valence-electron chi connectivity index (χ1n) is 5.58. The van der Waals surface area contributed by atoms with Gasteiger partial charge in [0.05, 0.1) is 4.47 Å². The van der Waals surface area contributed by atoms with Gasteiger partial charge in [0.15, 0.2) is 0 Å². The maximum absolute atomic E-state index is 13.0. The summed E-state index contributed by atoms with van der Waals surface area (Å²) in [4.78, 5) is 0.580. The summed E-state index contributed by atoms with van der Waals surface area (Å²) in [7, 11) is 0. The van der Waals surface area contributed by atoms with Gasteiger partial charge in [-0.05, 0) is 58.8 Å². The Labute approximate surface area is 114 Å². The molecule has 0 saturated carbocycles. The van der Waals surface area contributed by atoms with Crippen molar-refractivity contribution < 1.29 is 4.39 Å². The maximum atomic E-state index is 13.0. The third-order valence-corrected chi connectivity index (χ3v) is 4.78. The highest BCUT2D eigenvalue weighted by Gasteiger charge is 2.08. The van der Waals surface area contributed by atoms with Crippen molar-refractivity contribution in [3.05, 3.63) is 34.1 Å². The van der Waals surface area contributed by atoms with E-state index in [-0.39, 0.29) is 5.82 Å². The van der Waals surface area contributed by atoms with E-state index in [0.717, 1.165) is 19.3 Å². The number of hydrogen-bond donors (Lipinski definition) is 0. The first-order valence-corrected chi connectivity index (χ1v) is 7.29. The van der Waals surface area contributed by atoms with Crippen molar-refractivity contribution in [1.82, 2.24) is 0 Å². The predicted octanol–water partition coefficient (Wildman–Crippen LogP) is 5.33. The zero-order chi connectivity index (χ0) is 12.1. The second-order valence-corrected chi connectivity index (χ2v) is 6.43. The monoisotopic (exact) mass is 350 g/mol. The average Bonchev–Trinajstić information content (AvgIpc) is 2.23. The summed E-state index contributed by atoms with van der Waals surface area (Å²) < 4.78 is 13.6. The van der Waals surface area contributed by atoms with Crippen molar-refractivity contribution in [2.45, 2.75) is 37.9 Å². The summed E-state index contributed by atoms with van der Waals surface area (Å²) >= 11 is 6.88. The summed E-state index contributed by atoms with van der Waals surface area (Å²) in [5.74, 6) is 0.476. The summed E-state index contributed by atoms with van der Waals surface area (Å²) in [6.07, 6.45) is 3.30. The van der Waals surface area contributed by atoms with E-state index in [1.165, 1.54) is 11.6 Å². The number of alkyl halides is 1. The first kappa shape index (κ1) is 14.2. The minimum absolute atomic E-state index is 0.190. The van der Waals surface area contributed by atoms with Gasteiger partial charge in [-0.3, -0.25) is 0 Å². The molecule has 0 heterocycles. The van der Waals surface area contributed by atoms with Gasteiger partial charge in [0.25, 0.3) is 0 Å². The fraction of sp³-hybridized carbons (Fsp3) is 0.538. The van der Waals surface area contributed by atoms with Crippen LogP contribution in [-0.4, -0.2) is 4.83 Å². The van der Waals surface area contributed by atoms with Gasteiger partial charge in [0.1, 0.15) is 5.82 Å². The van der Waals surface area contributed by atoms with Crippen molar-refractivity contribution in [3.63, 3.8) is 0 Å². The van der Waals surface area contributed by atoms with Gasteiger partial charge in [-0.1, -0.05) is 35.8 Å². The molecule has 1 aromatic rings. The van der Waals surface area contributed by atoms with Crippen molar-refractivity contribution in [3.8, 4) is 0 Å². The van der Waals surface area contributed by atoms with E-state index >= 15 is 0 Å². The Morgan fingerprint density at radius 2 is 2.00 bits per heavy atom. The van der Waals surface area contributed by atoms with E-state index in [9.17, 15) is 4.39 Å². The van der Waals surface area contributed by atoms with E-state index in [4.69, 9.17) is 0 Å². The number of benzene rings is 1. The fourth-order valence-corrected chi connectivity index (χ4v) is 2.28. The van der Waals surface area contributed by atoms with E-state index < -0.39 is 0 Å². The topological polar surface area (TPSA) is 0 Å². The predicted molar refractivity (Wildman–Crippen MR) is 74.6 cm³/mol. The minimum atomic E-state index is -0.190. The van der Waals surface area contributed by atoms with Crippen molar-refractivity contribution in [1.29, 1.82) is 0 Å². The van der Waals surface area contributed by atoms with Crippen LogP contribution >= 0.6 is 31.9 Å². The highest BCUT2D eigenvalue weighted by Crippen LogP contribution is 2.21. The molecule has 0 amide bonds. The lowest BCUT2D eigenvalue weighted by molar-refractivity contribution is 0.562. The Hall–Kier alpha value is 0.110. The van der Waals surface area contributed by atoms with Gasteiger partial charge in [0.2, 0.25) is 0 Å². The smallest absolute Gasteiger partial charge is 0.137 e. The lowest BCUT2D eigenvalue weighted by atomic mass is 10.0. The normalized spacial score (nSPS) is 13.1. The molecule has 0 nitrogen and oxygen atoms in total. The highest BCUT2D eigenvalue weighted by atomic mass is 79.9. The zero-order valence-electron chi connectivity index (χ0n) is 9.64. The molecule has 0 saturated heterocycles. The molecule has 1 rings (SSSR count). The molecular formula is C13H17Br2F. The van der Waals surface area contributed by atoms with Gasteiger partial charge in [-0.25, -0.2) is 4.39 Å². The van der Waals surface area contributed by atoms with Crippen molar-refractivity contribution in [2.75, 3.05) is 0 Å². The average molecular weight is 352 g/mol. The molecular weight excluding hydrogens is 335 g/mol. The molecule has 0 aromatic heterocycles. The molecule has 0 fully saturated rings. The molecule has 1 aromatic carbocycles. The van der Waals surface area contributed by atoms with Crippen LogP contribution in [0.25, 0.3) is 0 Å². The largest absolute Gasteiger partial charge is 0.206 e. The quantitative estimate of drug-likeness (QED) is 0.629. The first-order chi connectivity index (χ1) is 7.50. The van der Waals surface area contributed by atoms with Gasteiger partial charge >= 0.3 is 0 Å². The molecule has 1 atom stereocenters. The zero-order valence-corrected chi connectivity index (χ0v) is 12.8. The van der Waals surface area contributed by atoms with E-state index in [2.05, 4.69) is 45.7 Å². The van der Waals surface area contributed by atoms with E-state index in [1.54, 1.807) is 0 Å². The Morgan fingerprint density at radius 3 is 2.56 bits per heavy atom. The Morgan fingerprint density at radius 1 is 1.31 bits per heavy atom. The standard InChI is InChI=1S/C13H17Br2F/c1-9(2)11(14)5-3-4-10-6-7-13(16)12(15)8-10/h6-9,11H,3-5H2,1-2H3. The maximum Gasteiger partial charge on any atom is 0.137 e. The van der Waals surface area contributed by atoms with Crippen LogP contribution in [0.4, 0.5) is 4.39 Å². The van der Waals surface area contributed by atoms with E-state index in [1.807, 2.05) is 12.1 Å². The van der Waals surface area contributed by atoms with Crippen molar-refractivity contribution in [2.24, 2.45) is 5.92 Å². The summed E-state index contributed by atoms with van der Waals surface area (Å²) in [5, 5.41) is 0. The number of aryl methyl sites for hydroxylation is 1. The minimum Gasteiger partial charge on any atom is -0.206 e. The number of rotatable bonds is 5. The Bertz CT molecular complexity index is 337. The lowest BCUT2D eigenvalue weighted by Crippen LogP contribution is -2.07. The molecule has 90 valence electrons. The second-order valence-electron chi connectivity index (χ2n) is 4.40. The van der Waals surface area contributed by atoms with Crippen LogP contribution in [0, 0.1) is 11.7 Å². The van der Waals surface area contributed by atoms with Crippen LogP contribution in [-0.2, 0) is 6.42 Å². The number of hydrogen-bond acceptors (Lipinski definition) is 0. The molecule has 0 N–H and O–H groups in total. The highest BCUT2D eigenvalue weighted by molar-refractivity contribution is 9.10. The third-order valence-electron chi connectivity index (χ3n) is 2.65. The summed E-state index contributed by atoms with van der Waals surface area (Å²) in [5.41, 5.74) is 1.19. The van der Waals surface area contributed by atoms with Gasteiger partial charge in [-0.2, -0.15) is 0 Å². The molecule has 0 aliphatic carbocycles. The van der Waals surface area contributed by atoms with Crippen LogP contribution in [0.15, 0.2) is 22.7 Å². The lowest BCUT2D eigenvalue weighted by Gasteiger charge is -2.13. The van der Waals surface area contributed by atoms with E-state index in [0.29, 0.717) is 15.2 Å². The Kier molecular flexibility index (Phi) is 5.98. The second kappa shape index (κ2) is 6.75. The molecule has 16 heavy (non-hydrogen) atoms. The van der Waals surface area contributed by atoms with Gasteiger partial charge in [-0.15, -0.1) is 0 Å². The fourth-order valence-electron chi connectivity index (χ4n) is 1.53. The Balaban J connectivity index is 2.40. The summed E-state index contributed by atoms with van der Waals surface area (Å²) in [6.45, 7) is 4.43. The van der Waals surface area contributed by atoms with Crippen molar-refractivity contribution >= 4 is 31.9 Å². The molecule has 0 aliphatic rings. The van der Waals surface area contributed by atoms with Crippen LogP contribution in [0.5, 0.6) is 0 Å². The molecule has 0 radical (unpaired) electrons. The van der Waals surface area contributed by atoms with Crippen LogP contribution in [0.2, 0.25) is 0 Å². The van der Waals surface area contributed by atoms with Crippen LogP contribution < -0.4 is 0 Å². The molecule has 0 spiro atoms. The van der Waals surface area contributed by atoms with Gasteiger partial charge < -0.3 is 0 Å². The molecule has 1 unspecified atom stereocenters. The third kappa shape index (κ3) is 4.54.